The molecule has 0 aliphatic carbocycles. The van der Waals surface area contributed by atoms with Gasteiger partial charge in [-0.15, -0.1) is 0 Å². The fourth-order valence-electron chi connectivity index (χ4n) is 1.57. The number of carbonyl (C=O) groups excluding carboxylic acids is 1. The minimum absolute atomic E-state index is 0.0491. The Kier molecular flexibility index (Phi) is 5.49. The Morgan fingerprint density at radius 3 is 2.88 bits per heavy atom. The van der Waals surface area contributed by atoms with E-state index in [4.69, 9.17) is 4.74 Å². The molecule has 0 aromatic heterocycles. The average Bonchev–Trinajstić information content (AvgIpc) is 2.37. The van der Waals surface area contributed by atoms with E-state index in [1.165, 1.54) is 0 Å². The van der Waals surface area contributed by atoms with Gasteiger partial charge in [0.2, 0.25) is 5.91 Å². The molecule has 1 atom stereocenters. The zero-order valence-corrected chi connectivity index (χ0v) is 10.3. The summed E-state index contributed by atoms with van der Waals surface area (Å²) in [5, 5.41) is 12.0. The molecular formula is C13H19NO3. The number of nitrogens with one attached hydrogen (secondary N) is 1. The number of aliphatic hydroxyl groups excluding tert-OH is 1. The lowest BCUT2D eigenvalue weighted by Crippen LogP contribution is -2.38. The van der Waals surface area contributed by atoms with Crippen LogP contribution in [0.1, 0.15) is 18.9 Å². The quantitative estimate of drug-likeness (QED) is 0.779. The van der Waals surface area contributed by atoms with Gasteiger partial charge in [0.1, 0.15) is 5.75 Å². The van der Waals surface area contributed by atoms with E-state index in [0.29, 0.717) is 12.8 Å². The lowest BCUT2D eigenvalue weighted by atomic mass is 10.1. The summed E-state index contributed by atoms with van der Waals surface area (Å²) in [4.78, 5) is 11.2. The van der Waals surface area contributed by atoms with Gasteiger partial charge in [-0.05, 0) is 24.1 Å². The number of aliphatic hydroxyl groups is 1. The van der Waals surface area contributed by atoms with E-state index in [0.717, 1.165) is 11.3 Å². The Morgan fingerprint density at radius 2 is 2.29 bits per heavy atom. The molecule has 17 heavy (non-hydrogen) atoms. The highest BCUT2D eigenvalue weighted by molar-refractivity contribution is 5.75. The number of amides is 1. The third-order valence-corrected chi connectivity index (χ3v) is 2.52. The van der Waals surface area contributed by atoms with Crippen LogP contribution in [0.25, 0.3) is 0 Å². The second-order valence-corrected chi connectivity index (χ2v) is 3.86. The van der Waals surface area contributed by atoms with Crippen LogP contribution in [-0.2, 0) is 11.2 Å². The van der Waals surface area contributed by atoms with Crippen LogP contribution in [0.3, 0.4) is 0 Å². The van der Waals surface area contributed by atoms with Gasteiger partial charge < -0.3 is 15.2 Å². The summed E-state index contributed by atoms with van der Waals surface area (Å²) in [7, 11) is 1.61. The number of methoxy groups -OCH3 is 1. The van der Waals surface area contributed by atoms with E-state index in [1.807, 2.05) is 24.3 Å². The molecule has 0 fully saturated rings. The smallest absolute Gasteiger partial charge is 0.220 e. The van der Waals surface area contributed by atoms with Crippen molar-refractivity contribution in [3.63, 3.8) is 0 Å². The van der Waals surface area contributed by atoms with E-state index in [9.17, 15) is 9.90 Å². The van der Waals surface area contributed by atoms with Crippen molar-refractivity contribution in [3.05, 3.63) is 29.8 Å². The Hall–Kier alpha value is -1.55. The van der Waals surface area contributed by atoms with Crippen LogP contribution in [0.2, 0.25) is 0 Å². The molecule has 0 spiro atoms. The first-order valence-corrected chi connectivity index (χ1v) is 5.72. The molecule has 4 heteroatoms. The largest absolute Gasteiger partial charge is 0.497 e. The molecule has 1 aromatic carbocycles. The van der Waals surface area contributed by atoms with Crippen LogP contribution >= 0.6 is 0 Å². The van der Waals surface area contributed by atoms with Gasteiger partial charge in [0.15, 0.2) is 0 Å². The first-order valence-electron chi connectivity index (χ1n) is 5.72. The number of hydrogen-bond donors (Lipinski definition) is 2. The molecule has 0 heterocycles. The lowest BCUT2D eigenvalue weighted by molar-refractivity contribution is -0.121. The van der Waals surface area contributed by atoms with E-state index in [1.54, 1.807) is 14.0 Å². The molecule has 1 aromatic rings. The van der Waals surface area contributed by atoms with E-state index >= 15 is 0 Å². The van der Waals surface area contributed by atoms with Crippen molar-refractivity contribution < 1.29 is 14.6 Å². The summed E-state index contributed by atoms with van der Waals surface area (Å²) in [6.45, 7) is 1.72. The van der Waals surface area contributed by atoms with Crippen molar-refractivity contribution in [1.29, 1.82) is 0 Å². The standard InChI is InChI=1S/C13H19NO3/c1-3-13(16)14-11(9-15)7-10-5-4-6-12(8-10)17-2/h4-6,8,11,15H,3,7,9H2,1-2H3,(H,14,16)/t11-/m0/s1. The zero-order chi connectivity index (χ0) is 12.7. The van der Waals surface area contributed by atoms with Gasteiger partial charge in [0, 0.05) is 6.42 Å². The van der Waals surface area contributed by atoms with Crippen molar-refractivity contribution in [2.45, 2.75) is 25.8 Å². The summed E-state index contributed by atoms with van der Waals surface area (Å²) in [6, 6.07) is 7.37. The molecule has 4 nitrogen and oxygen atoms in total. The van der Waals surface area contributed by atoms with Gasteiger partial charge in [-0.1, -0.05) is 19.1 Å². The van der Waals surface area contributed by atoms with Crippen LogP contribution < -0.4 is 10.1 Å². The Morgan fingerprint density at radius 1 is 1.53 bits per heavy atom. The SMILES string of the molecule is CCC(=O)N[C@H](CO)Cc1cccc(OC)c1. The minimum atomic E-state index is -0.241. The van der Waals surface area contributed by atoms with Crippen molar-refractivity contribution in [2.24, 2.45) is 0 Å². The molecule has 0 radical (unpaired) electrons. The fraction of sp³-hybridized carbons (Fsp3) is 0.462. The summed E-state index contributed by atoms with van der Waals surface area (Å²) >= 11 is 0. The van der Waals surface area contributed by atoms with Crippen LogP contribution in [0.4, 0.5) is 0 Å². The summed E-state index contributed by atoms with van der Waals surface area (Å²) in [5.41, 5.74) is 1.03. The molecule has 0 saturated carbocycles. The maximum Gasteiger partial charge on any atom is 0.220 e. The molecular weight excluding hydrogens is 218 g/mol. The highest BCUT2D eigenvalue weighted by atomic mass is 16.5. The maximum absolute atomic E-state index is 11.2. The van der Waals surface area contributed by atoms with E-state index in [-0.39, 0.29) is 18.6 Å². The topological polar surface area (TPSA) is 58.6 Å². The summed E-state index contributed by atoms with van der Waals surface area (Å²) < 4.78 is 5.12. The normalized spacial score (nSPS) is 11.9. The number of rotatable bonds is 6. The number of hydrogen-bond acceptors (Lipinski definition) is 3. The third kappa shape index (κ3) is 4.44. The van der Waals surface area contributed by atoms with Gasteiger partial charge in [0.25, 0.3) is 0 Å². The zero-order valence-electron chi connectivity index (χ0n) is 10.3. The molecule has 0 saturated heterocycles. The van der Waals surface area contributed by atoms with Crippen molar-refractivity contribution >= 4 is 5.91 Å². The van der Waals surface area contributed by atoms with E-state index < -0.39 is 0 Å². The Bertz CT molecular complexity index is 365. The van der Waals surface area contributed by atoms with Crippen LogP contribution in [-0.4, -0.2) is 30.8 Å². The molecule has 2 N–H and O–H groups in total. The number of ether oxygens (including phenoxy) is 1. The first kappa shape index (κ1) is 13.5. The first-order chi connectivity index (χ1) is 8.19. The second-order valence-electron chi connectivity index (χ2n) is 3.86. The van der Waals surface area contributed by atoms with Crippen molar-refractivity contribution in [2.75, 3.05) is 13.7 Å². The maximum atomic E-state index is 11.2. The van der Waals surface area contributed by atoms with Gasteiger partial charge >= 0.3 is 0 Å². The average molecular weight is 237 g/mol. The van der Waals surface area contributed by atoms with Gasteiger partial charge in [-0.3, -0.25) is 4.79 Å². The highest BCUT2D eigenvalue weighted by Gasteiger charge is 2.11. The molecule has 0 unspecified atom stereocenters. The second kappa shape index (κ2) is 6.91. The molecule has 1 amide bonds. The van der Waals surface area contributed by atoms with Gasteiger partial charge in [-0.25, -0.2) is 0 Å². The Labute approximate surface area is 102 Å². The molecule has 0 bridgehead atoms. The monoisotopic (exact) mass is 237 g/mol. The van der Waals surface area contributed by atoms with Crippen LogP contribution in [0.15, 0.2) is 24.3 Å². The van der Waals surface area contributed by atoms with Crippen LogP contribution in [0, 0.1) is 0 Å². The fourth-order valence-corrected chi connectivity index (χ4v) is 1.57. The molecule has 0 aliphatic heterocycles. The van der Waals surface area contributed by atoms with E-state index in [2.05, 4.69) is 5.32 Å². The van der Waals surface area contributed by atoms with Gasteiger partial charge in [0.05, 0.1) is 19.8 Å². The number of carbonyl (C=O) groups is 1. The summed E-state index contributed by atoms with van der Waals surface area (Å²) in [5.74, 6) is 0.730. The predicted octanol–water partition coefficient (Wildman–Crippen LogP) is 1.12. The highest BCUT2D eigenvalue weighted by Crippen LogP contribution is 2.13. The molecule has 1 rings (SSSR count). The van der Waals surface area contributed by atoms with Gasteiger partial charge in [-0.2, -0.15) is 0 Å². The summed E-state index contributed by atoms with van der Waals surface area (Å²) in [6.07, 6.45) is 1.02. The Balaban J connectivity index is 2.63. The van der Waals surface area contributed by atoms with Crippen molar-refractivity contribution in [1.82, 2.24) is 5.32 Å². The molecule has 0 aliphatic rings. The van der Waals surface area contributed by atoms with Crippen molar-refractivity contribution in [3.8, 4) is 5.75 Å². The molecule has 94 valence electrons. The predicted molar refractivity (Wildman–Crippen MR) is 66.0 cm³/mol. The minimum Gasteiger partial charge on any atom is -0.497 e. The van der Waals surface area contributed by atoms with Crippen LogP contribution in [0.5, 0.6) is 5.75 Å². The third-order valence-electron chi connectivity index (χ3n) is 2.52. The lowest BCUT2D eigenvalue weighted by Gasteiger charge is -2.16. The number of benzene rings is 1.